The molecule has 1 aliphatic carbocycles. The van der Waals surface area contributed by atoms with Crippen LogP contribution >= 0.6 is 0 Å². The van der Waals surface area contributed by atoms with Gasteiger partial charge in [0.1, 0.15) is 12.1 Å². The van der Waals surface area contributed by atoms with Crippen LogP contribution in [0.5, 0.6) is 0 Å². The first-order chi connectivity index (χ1) is 9.54. The molecule has 5 nitrogen and oxygen atoms in total. The first-order valence-corrected chi connectivity index (χ1v) is 7.73. The maximum atomic E-state index is 12.5. The van der Waals surface area contributed by atoms with Gasteiger partial charge in [-0.05, 0) is 31.1 Å². The van der Waals surface area contributed by atoms with Crippen molar-refractivity contribution in [3.8, 4) is 0 Å². The minimum absolute atomic E-state index is 0.00661. The van der Waals surface area contributed by atoms with E-state index in [4.69, 9.17) is 4.74 Å². The Hall–Kier alpha value is -1.10. The Kier molecular flexibility index (Phi) is 5.02. The Morgan fingerprint density at radius 3 is 2.60 bits per heavy atom. The molecule has 2 fully saturated rings. The molecular formula is C15H26N2O3. The van der Waals surface area contributed by atoms with Crippen LogP contribution < -0.4 is 5.32 Å². The molecule has 2 atom stereocenters. The number of piperazine rings is 1. The molecule has 0 aromatic heterocycles. The molecule has 1 saturated heterocycles. The molecule has 0 radical (unpaired) electrons. The van der Waals surface area contributed by atoms with Gasteiger partial charge >= 0.3 is 0 Å². The third-order valence-corrected chi connectivity index (χ3v) is 3.93. The van der Waals surface area contributed by atoms with Gasteiger partial charge < -0.3 is 15.0 Å². The molecule has 2 amide bonds. The molecule has 1 heterocycles. The van der Waals surface area contributed by atoms with Gasteiger partial charge in [0, 0.05) is 13.2 Å². The van der Waals surface area contributed by atoms with E-state index in [9.17, 15) is 9.59 Å². The van der Waals surface area contributed by atoms with Crippen LogP contribution in [0, 0.1) is 11.8 Å². The van der Waals surface area contributed by atoms with Crippen LogP contribution in [-0.2, 0) is 14.3 Å². The van der Waals surface area contributed by atoms with E-state index in [1.165, 1.54) is 0 Å². The van der Waals surface area contributed by atoms with Crippen LogP contribution in [0.15, 0.2) is 0 Å². The molecule has 0 aromatic rings. The highest BCUT2D eigenvalue weighted by molar-refractivity contribution is 5.97. The smallest absolute Gasteiger partial charge is 0.246 e. The fourth-order valence-corrected chi connectivity index (χ4v) is 2.69. The van der Waals surface area contributed by atoms with Crippen LogP contribution in [-0.4, -0.2) is 48.6 Å². The number of nitrogens with one attached hydrogen (secondary N) is 1. The fraction of sp³-hybridized carbons (Fsp3) is 0.867. The van der Waals surface area contributed by atoms with Gasteiger partial charge in [-0.15, -0.1) is 0 Å². The lowest BCUT2D eigenvalue weighted by Crippen LogP contribution is -2.64. The van der Waals surface area contributed by atoms with E-state index < -0.39 is 0 Å². The van der Waals surface area contributed by atoms with Gasteiger partial charge in [0.15, 0.2) is 0 Å². The molecule has 0 spiro atoms. The number of hydrogen-bond donors (Lipinski definition) is 1. The van der Waals surface area contributed by atoms with E-state index in [-0.39, 0.29) is 23.9 Å². The SMILES string of the molecule is CCC1C(=O)NC(C2CC2)C(=O)N1CCOCC(C)C. The number of rotatable bonds is 7. The number of carbonyl (C=O) groups excluding carboxylic acids is 2. The summed E-state index contributed by atoms with van der Waals surface area (Å²) >= 11 is 0. The van der Waals surface area contributed by atoms with Crippen molar-refractivity contribution in [1.82, 2.24) is 10.2 Å². The van der Waals surface area contributed by atoms with Gasteiger partial charge in [-0.25, -0.2) is 0 Å². The summed E-state index contributed by atoms with van der Waals surface area (Å²) in [6.07, 6.45) is 2.75. The average Bonchev–Trinajstić information content (AvgIpc) is 3.22. The second-order valence-electron chi connectivity index (χ2n) is 6.25. The number of hydrogen-bond acceptors (Lipinski definition) is 3. The Bertz CT molecular complexity index is 366. The maximum absolute atomic E-state index is 12.5. The third-order valence-electron chi connectivity index (χ3n) is 3.93. The normalized spacial score (nSPS) is 27.1. The van der Waals surface area contributed by atoms with Gasteiger partial charge in [-0.1, -0.05) is 20.8 Å². The van der Waals surface area contributed by atoms with Crippen molar-refractivity contribution in [3.05, 3.63) is 0 Å². The van der Waals surface area contributed by atoms with Crippen molar-refractivity contribution in [3.63, 3.8) is 0 Å². The highest BCUT2D eigenvalue weighted by atomic mass is 16.5. The number of amides is 2. The molecule has 1 saturated carbocycles. The van der Waals surface area contributed by atoms with Gasteiger partial charge in [0.2, 0.25) is 11.8 Å². The van der Waals surface area contributed by atoms with Crippen molar-refractivity contribution in [1.29, 1.82) is 0 Å². The topological polar surface area (TPSA) is 58.6 Å². The maximum Gasteiger partial charge on any atom is 0.246 e. The van der Waals surface area contributed by atoms with Crippen molar-refractivity contribution < 1.29 is 14.3 Å². The zero-order valence-corrected chi connectivity index (χ0v) is 12.7. The Balaban J connectivity index is 1.93. The highest BCUT2D eigenvalue weighted by Gasteiger charge is 2.46. The first-order valence-electron chi connectivity index (χ1n) is 7.73. The quantitative estimate of drug-likeness (QED) is 0.713. The van der Waals surface area contributed by atoms with Gasteiger partial charge in [0.25, 0.3) is 0 Å². The Morgan fingerprint density at radius 2 is 2.05 bits per heavy atom. The zero-order chi connectivity index (χ0) is 14.7. The van der Waals surface area contributed by atoms with Crippen LogP contribution in [0.1, 0.15) is 40.0 Å². The molecule has 114 valence electrons. The molecule has 2 rings (SSSR count). The summed E-state index contributed by atoms with van der Waals surface area (Å²) in [5.41, 5.74) is 0. The lowest BCUT2D eigenvalue weighted by molar-refractivity contribution is -0.151. The summed E-state index contributed by atoms with van der Waals surface area (Å²) in [4.78, 5) is 26.3. The summed E-state index contributed by atoms with van der Waals surface area (Å²) in [5.74, 6) is 0.903. The molecule has 20 heavy (non-hydrogen) atoms. The summed E-state index contributed by atoms with van der Waals surface area (Å²) in [6, 6.07) is -0.629. The molecule has 2 unspecified atom stereocenters. The second-order valence-corrected chi connectivity index (χ2v) is 6.25. The first kappa shape index (κ1) is 15.3. The number of carbonyl (C=O) groups is 2. The number of nitrogens with zero attached hydrogens (tertiary/aromatic N) is 1. The van der Waals surface area contributed by atoms with Crippen LogP contribution in [0.4, 0.5) is 0 Å². The van der Waals surface area contributed by atoms with E-state index >= 15 is 0 Å². The van der Waals surface area contributed by atoms with E-state index in [0.717, 1.165) is 12.8 Å². The molecule has 1 aliphatic heterocycles. The predicted molar refractivity (Wildman–Crippen MR) is 76.1 cm³/mol. The summed E-state index contributed by atoms with van der Waals surface area (Å²) in [5, 5.41) is 2.90. The number of ether oxygens (including phenoxy) is 1. The minimum atomic E-state index is -0.333. The Morgan fingerprint density at radius 1 is 1.35 bits per heavy atom. The van der Waals surface area contributed by atoms with Crippen molar-refractivity contribution >= 4 is 11.8 Å². The summed E-state index contributed by atoms with van der Waals surface area (Å²) < 4.78 is 5.56. The van der Waals surface area contributed by atoms with Gasteiger partial charge in [0.05, 0.1) is 6.61 Å². The summed E-state index contributed by atoms with van der Waals surface area (Å²) in [6.45, 7) is 7.84. The monoisotopic (exact) mass is 282 g/mol. The zero-order valence-electron chi connectivity index (χ0n) is 12.7. The molecule has 2 aliphatic rings. The Labute approximate surface area is 121 Å². The van der Waals surface area contributed by atoms with E-state index in [0.29, 0.717) is 38.0 Å². The highest BCUT2D eigenvalue weighted by Crippen LogP contribution is 2.35. The molecule has 1 N–H and O–H groups in total. The van der Waals surface area contributed by atoms with Gasteiger partial charge in [-0.3, -0.25) is 9.59 Å². The van der Waals surface area contributed by atoms with Crippen LogP contribution in [0.25, 0.3) is 0 Å². The van der Waals surface area contributed by atoms with E-state index in [2.05, 4.69) is 19.2 Å². The van der Waals surface area contributed by atoms with E-state index in [1.54, 1.807) is 4.90 Å². The van der Waals surface area contributed by atoms with Crippen molar-refractivity contribution in [2.24, 2.45) is 11.8 Å². The molecule has 0 bridgehead atoms. The standard InChI is InChI=1S/C15H26N2O3/c1-4-12-14(18)16-13(11-5-6-11)15(19)17(12)7-8-20-9-10(2)3/h10-13H,4-9H2,1-3H3,(H,16,18). The average molecular weight is 282 g/mol. The lowest BCUT2D eigenvalue weighted by atomic mass is 10.0. The van der Waals surface area contributed by atoms with Crippen molar-refractivity contribution in [2.75, 3.05) is 19.8 Å². The minimum Gasteiger partial charge on any atom is -0.379 e. The molecule has 5 heteroatoms. The molecular weight excluding hydrogens is 256 g/mol. The molecule has 0 aromatic carbocycles. The summed E-state index contributed by atoms with van der Waals surface area (Å²) in [7, 11) is 0. The van der Waals surface area contributed by atoms with Gasteiger partial charge in [-0.2, -0.15) is 0 Å². The largest absolute Gasteiger partial charge is 0.379 e. The third kappa shape index (κ3) is 3.51. The van der Waals surface area contributed by atoms with Crippen LogP contribution in [0.3, 0.4) is 0 Å². The lowest BCUT2D eigenvalue weighted by Gasteiger charge is -2.38. The fourth-order valence-electron chi connectivity index (χ4n) is 2.69. The van der Waals surface area contributed by atoms with Crippen LogP contribution in [0.2, 0.25) is 0 Å². The van der Waals surface area contributed by atoms with E-state index in [1.807, 2.05) is 6.92 Å². The second kappa shape index (κ2) is 6.57. The van der Waals surface area contributed by atoms with Crippen molar-refractivity contribution in [2.45, 2.75) is 52.1 Å². The predicted octanol–water partition coefficient (Wildman–Crippen LogP) is 1.17.